The van der Waals surface area contributed by atoms with Crippen molar-refractivity contribution in [1.29, 1.82) is 0 Å². The van der Waals surface area contributed by atoms with E-state index in [4.69, 9.17) is 4.74 Å². The Kier molecular flexibility index (Phi) is 8.25. The number of benzene rings is 1. The molecule has 3 amide bonds. The Bertz CT molecular complexity index is 710. The van der Waals surface area contributed by atoms with Gasteiger partial charge in [-0.1, -0.05) is 31.0 Å². The quantitative estimate of drug-likeness (QED) is 0.636. The van der Waals surface area contributed by atoms with E-state index in [0.29, 0.717) is 44.6 Å². The fourth-order valence-electron chi connectivity index (χ4n) is 4.48. The summed E-state index contributed by atoms with van der Waals surface area (Å²) in [6, 6.07) is 8.29. The lowest BCUT2D eigenvalue weighted by Gasteiger charge is -2.36. The number of ether oxygens (including phenoxy) is 1. The molecular weight excluding hydrogens is 382 g/mol. The maximum absolute atomic E-state index is 12.8. The molecule has 1 saturated heterocycles. The smallest absolute Gasteiger partial charge is 0.251 e. The SMILES string of the molecule is COCCNC(=O)[C@H](NC(=O)c1ccccc1)C1CCN(C(=O)C2CCCC2)CC1. The molecule has 1 heterocycles. The van der Waals surface area contributed by atoms with Crippen molar-refractivity contribution in [2.45, 2.75) is 44.6 Å². The number of carbonyl (C=O) groups excluding carboxylic acids is 3. The van der Waals surface area contributed by atoms with Crippen LogP contribution in [0.5, 0.6) is 0 Å². The molecule has 2 aliphatic rings. The summed E-state index contributed by atoms with van der Waals surface area (Å²) in [7, 11) is 1.58. The maximum Gasteiger partial charge on any atom is 0.251 e. The number of hydrogen-bond acceptors (Lipinski definition) is 4. The molecule has 0 radical (unpaired) electrons. The number of amides is 3. The lowest BCUT2D eigenvalue weighted by atomic mass is 9.87. The highest BCUT2D eigenvalue weighted by Gasteiger charge is 2.35. The number of carbonyl (C=O) groups is 3. The fourth-order valence-corrected chi connectivity index (χ4v) is 4.48. The van der Waals surface area contributed by atoms with Gasteiger partial charge < -0.3 is 20.3 Å². The monoisotopic (exact) mass is 415 g/mol. The third-order valence-corrected chi connectivity index (χ3v) is 6.24. The summed E-state index contributed by atoms with van der Waals surface area (Å²) in [6.45, 7) is 2.09. The Labute approximate surface area is 178 Å². The van der Waals surface area contributed by atoms with E-state index in [2.05, 4.69) is 10.6 Å². The molecule has 0 spiro atoms. The van der Waals surface area contributed by atoms with Gasteiger partial charge in [-0.2, -0.15) is 0 Å². The van der Waals surface area contributed by atoms with Crippen molar-refractivity contribution in [3.63, 3.8) is 0 Å². The van der Waals surface area contributed by atoms with E-state index < -0.39 is 6.04 Å². The molecular formula is C23H33N3O4. The molecule has 1 atom stereocenters. The van der Waals surface area contributed by atoms with Gasteiger partial charge in [-0.05, 0) is 43.7 Å². The highest BCUT2D eigenvalue weighted by Crippen LogP contribution is 2.29. The third-order valence-electron chi connectivity index (χ3n) is 6.24. The molecule has 7 heteroatoms. The topological polar surface area (TPSA) is 87.7 Å². The molecule has 0 unspecified atom stereocenters. The molecule has 164 valence electrons. The van der Waals surface area contributed by atoms with Gasteiger partial charge >= 0.3 is 0 Å². The van der Waals surface area contributed by atoms with Crippen LogP contribution in [0.25, 0.3) is 0 Å². The minimum absolute atomic E-state index is 0.00663. The first-order valence-corrected chi connectivity index (χ1v) is 11.0. The molecule has 0 bridgehead atoms. The standard InChI is InChI=1S/C23H33N3O4/c1-30-16-13-24-22(28)20(25-21(27)18-7-3-2-4-8-18)17-11-14-26(15-12-17)23(29)19-9-5-6-10-19/h2-4,7-8,17,19-20H,5-6,9-16H2,1H3,(H,24,28)(H,25,27)/t20-/m1/s1. The summed E-state index contributed by atoms with van der Waals surface area (Å²) >= 11 is 0. The normalized spacial score (nSPS) is 18.8. The largest absolute Gasteiger partial charge is 0.383 e. The van der Waals surface area contributed by atoms with Gasteiger partial charge in [0.25, 0.3) is 5.91 Å². The van der Waals surface area contributed by atoms with Crippen LogP contribution in [0.15, 0.2) is 30.3 Å². The number of nitrogens with one attached hydrogen (secondary N) is 2. The molecule has 1 aliphatic carbocycles. The first-order valence-electron chi connectivity index (χ1n) is 11.0. The zero-order valence-electron chi connectivity index (χ0n) is 17.8. The van der Waals surface area contributed by atoms with Crippen LogP contribution in [-0.2, 0) is 14.3 Å². The number of nitrogens with zero attached hydrogens (tertiary/aromatic N) is 1. The number of rotatable bonds is 8. The summed E-state index contributed by atoms with van der Waals surface area (Å²) in [6.07, 6.45) is 5.68. The van der Waals surface area contributed by atoms with Crippen LogP contribution in [0.3, 0.4) is 0 Å². The van der Waals surface area contributed by atoms with Crippen LogP contribution < -0.4 is 10.6 Å². The Balaban J connectivity index is 1.62. The lowest BCUT2D eigenvalue weighted by Crippen LogP contribution is -2.54. The van der Waals surface area contributed by atoms with Crippen molar-refractivity contribution >= 4 is 17.7 Å². The second kappa shape index (κ2) is 11.1. The summed E-state index contributed by atoms with van der Waals surface area (Å²) in [5.74, 6) is -0.0236. The van der Waals surface area contributed by atoms with Crippen LogP contribution in [-0.4, -0.2) is 62.0 Å². The van der Waals surface area contributed by atoms with E-state index in [9.17, 15) is 14.4 Å². The molecule has 1 saturated carbocycles. The minimum Gasteiger partial charge on any atom is -0.383 e. The molecule has 0 aromatic heterocycles. The van der Waals surface area contributed by atoms with Gasteiger partial charge in [-0.25, -0.2) is 0 Å². The molecule has 30 heavy (non-hydrogen) atoms. The van der Waals surface area contributed by atoms with Crippen LogP contribution in [0.1, 0.15) is 48.9 Å². The van der Waals surface area contributed by atoms with Gasteiger partial charge in [-0.3, -0.25) is 14.4 Å². The Morgan fingerprint density at radius 1 is 1.07 bits per heavy atom. The molecule has 3 rings (SSSR count). The van der Waals surface area contributed by atoms with Crippen molar-refractivity contribution in [3.8, 4) is 0 Å². The van der Waals surface area contributed by atoms with Gasteiger partial charge in [-0.15, -0.1) is 0 Å². The summed E-state index contributed by atoms with van der Waals surface area (Å²) in [5.41, 5.74) is 0.529. The molecule has 1 aromatic rings. The Morgan fingerprint density at radius 3 is 2.37 bits per heavy atom. The summed E-state index contributed by atoms with van der Waals surface area (Å²) in [4.78, 5) is 40.2. The van der Waals surface area contributed by atoms with Crippen LogP contribution in [0.4, 0.5) is 0 Å². The van der Waals surface area contributed by atoms with Gasteiger partial charge in [0.05, 0.1) is 6.61 Å². The second-order valence-electron chi connectivity index (χ2n) is 8.25. The molecule has 2 N–H and O–H groups in total. The highest BCUT2D eigenvalue weighted by atomic mass is 16.5. The van der Waals surface area contributed by atoms with E-state index >= 15 is 0 Å². The van der Waals surface area contributed by atoms with E-state index in [0.717, 1.165) is 25.7 Å². The molecule has 7 nitrogen and oxygen atoms in total. The van der Waals surface area contributed by atoms with E-state index in [1.165, 1.54) is 0 Å². The minimum atomic E-state index is -0.627. The average molecular weight is 416 g/mol. The van der Waals surface area contributed by atoms with Crippen molar-refractivity contribution in [2.24, 2.45) is 11.8 Å². The number of piperidine rings is 1. The van der Waals surface area contributed by atoms with Gasteiger partial charge in [0.1, 0.15) is 6.04 Å². The number of likely N-dealkylation sites (tertiary alicyclic amines) is 1. The zero-order chi connectivity index (χ0) is 21.3. The van der Waals surface area contributed by atoms with Crippen molar-refractivity contribution in [2.75, 3.05) is 33.4 Å². The van der Waals surface area contributed by atoms with Crippen molar-refractivity contribution in [3.05, 3.63) is 35.9 Å². The van der Waals surface area contributed by atoms with E-state index in [-0.39, 0.29) is 29.6 Å². The zero-order valence-corrected chi connectivity index (χ0v) is 17.8. The van der Waals surface area contributed by atoms with E-state index in [1.807, 2.05) is 11.0 Å². The second-order valence-corrected chi connectivity index (χ2v) is 8.25. The fraction of sp³-hybridized carbons (Fsp3) is 0.609. The van der Waals surface area contributed by atoms with Crippen molar-refractivity contribution in [1.82, 2.24) is 15.5 Å². The summed E-state index contributed by atoms with van der Waals surface area (Å²) in [5, 5.41) is 5.79. The van der Waals surface area contributed by atoms with Crippen molar-refractivity contribution < 1.29 is 19.1 Å². The van der Waals surface area contributed by atoms with Crippen LogP contribution >= 0.6 is 0 Å². The molecule has 1 aromatic carbocycles. The van der Waals surface area contributed by atoms with Crippen LogP contribution in [0.2, 0.25) is 0 Å². The van der Waals surface area contributed by atoms with Gasteiger partial charge in [0.2, 0.25) is 11.8 Å². The van der Waals surface area contributed by atoms with Gasteiger partial charge in [0, 0.05) is 38.2 Å². The van der Waals surface area contributed by atoms with Crippen LogP contribution in [0, 0.1) is 11.8 Å². The Hall–Kier alpha value is -2.41. The highest BCUT2D eigenvalue weighted by molar-refractivity contribution is 5.97. The first-order chi connectivity index (χ1) is 14.6. The molecule has 2 fully saturated rings. The maximum atomic E-state index is 12.8. The Morgan fingerprint density at radius 2 is 1.73 bits per heavy atom. The first kappa shape index (κ1) is 22.3. The predicted octanol–water partition coefficient (Wildman–Crippen LogP) is 1.98. The average Bonchev–Trinajstić information content (AvgIpc) is 3.32. The number of methoxy groups -OCH3 is 1. The molecule has 1 aliphatic heterocycles. The number of hydrogen-bond donors (Lipinski definition) is 2. The van der Waals surface area contributed by atoms with Gasteiger partial charge in [0.15, 0.2) is 0 Å². The lowest BCUT2D eigenvalue weighted by molar-refractivity contribution is -0.137. The van der Waals surface area contributed by atoms with E-state index in [1.54, 1.807) is 31.4 Å². The summed E-state index contributed by atoms with van der Waals surface area (Å²) < 4.78 is 5.01. The predicted molar refractivity (Wildman–Crippen MR) is 114 cm³/mol. The third kappa shape index (κ3) is 5.81.